The molecule has 1 aliphatic heterocycles. The van der Waals surface area contributed by atoms with Crippen LogP contribution in [0, 0.1) is 19.7 Å². The number of anilines is 1. The first kappa shape index (κ1) is 24.4. The highest BCUT2D eigenvalue weighted by Crippen LogP contribution is 2.29. The number of rotatable bonds is 5. The summed E-state index contributed by atoms with van der Waals surface area (Å²) < 4.78 is 18.7. The van der Waals surface area contributed by atoms with Crippen molar-refractivity contribution in [1.82, 2.24) is 15.0 Å². The van der Waals surface area contributed by atoms with E-state index in [1.807, 2.05) is 26.0 Å². The molecule has 188 valence electrons. The minimum absolute atomic E-state index is 0.0568. The van der Waals surface area contributed by atoms with E-state index in [9.17, 15) is 14.0 Å². The summed E-state index contributed by atoms with van der Waals surface area (Å²) in [5.74, 6) is 0.402. The lowest BCUT2D eigenvalue weighted by molar-refractivity contribution is 0.0704. The van der Waals surface area contributed by atoms with Crippen molar-refractivity contribution in [2.45, 2.75) is 32.6 Å². The second kappa shape index (κ2) is 10.3. The van der Waals surface area contributed by atoms with Crippen molar-refractivity contribution < 1.29 is 18.5 Å². The maximum Gasteiger partial charge on any atom is 0.255 e. The third-order valence-corrected chi connectivity index (χ3v) is 6.55. The molecule has 2 heterocycles. The van der Waals surface area contributed by atoms with Crippen LogP contribution in [0.4, 0.5) is 10.1 Å². The zero-order chi connectivity index (χ0) is 25.9. The van der Waals surface area contributed by atoms with Gasteiger partial charge in [-0.25, -0.2) is 4.39 Å². The molecule has 1 saturated heterocycles. The largest absolute Gasteiger partial charge is 0.339 e. The minimum Gasteiger partial charge on any atom is -0.339 e. The van der Waals surface area contributed by atoms with Crippen molar-refractivity contribution in [2.75, 3.05) is 18.4 Å². The van der Waals surface area contributed by atoms with Crippen LogP contribution in [0.15, 0.2) is 71.3 Å². The standard InChI is InChI=1S/C29H27FN4O3/c1-18-15-19(2)17-25(16-18)31-27(35)21-5-3-20(4-6-21)26-32-28(37-33-26)22-11-13-34(14-12-22)29(36)23-7-9-24(30)10-8-23/h3-10,15-17,22H,11-14H2,1-2H3,(H,31,35). The number of nitrogens with one attached hydrogen (secondary N) is 1. The average Bonchev–Trinajstić information content (AvgIpc) is 3.39. The van der Waals surface area contributed by atoms with Gasteiger partial charge in [0.15, 0.2) is 0 Å². The van der Waals surface area contributed by atoms with Crippen LogP contribution < -0.4 is 5.32 Å². The van der Waals surface area contributed by atoms with Crippen LogP contribution in [0.1, 0.15) is 56.5 Å². The quantitative estimate of drug-likeness (QED) is 0.378. The number of nitrogens with zero attached hydrogens (tertiary/aromatic N) is 3. The number of aryl methyl sites for hydroxylation is 2. The summed E-state index contributed by atoms with van der Waals surface area (Å²) in [5.41, 5.74) is 4.70. The van der Waals surface area contributed by atoms with E-state index in [-0.39, 0.29) is 23.5 Å². The van der Waals surface area contributed by atoms with Gasteiger partial charge in [0.1, 0.15) is 5.82 Å². The number of halogens is 1. The first-order valence-electron chi connectivity index (χ1n) is 12.2. The van der Waals surface area contributed by atoms with Crippen LogP contribution in [-0.2, 0) is 0 Å². The van der Waals surface area contributed by atoms with Gasteiger partial charge in [-0.15, -0.1) is 0 Å². The Balaban J connectivity index is 1.19. The van der Waals surface area contributed by atoms with E-state index in [1.54, 1.807) is 29.2 Å². The van der Waals surface area contributed by atoms with Crippen molar-refractivity contribution in [1.29, 1.82) is 0 Å². The van der Waals surface area contributed by atoms with Gasteiger partial charge in [-0.3, -0.25) is 9.59 Å². The Morgan fingerprint density at radius 2 is 1.54 bits per heavy atom. The number of amides is 2. The molecule has 0 spiro atoms. The smallest absolute Gasteiger partial charge is 0.255 e. The molecule has 3 aromatic carbocycles. The molecule has 1 aromatic heterocycles. The first-order chi connectivity index (χ1) is 17.9. The third kappa shape index (κ3) is 5.58. The molecule has 5 rings (SSSR count). The molecule has 0 aliphatic carbocycles. The van der Waals surface area contributed by atoms with Crippen LogP contribution in [-0.4, -0.2) is 39.9 Å². The number of hydrogen-bond donors (Lipinski definition) is 1. The van der Waals surface area contributed by atoms with E-state index in [0.717, 1.165) is 22.4 Å². The molecule has 1 aliphatic rings. The average molecular weight is 499 g/mol. The Kier molecular flexibility index (Phi) is 6.81. The number of benzene rings is 3. The van der Waals surface area contributed by atoms with Crippen molar-refractivity contribution in [2.24, 2.45) is 0 Å². The molecule has 0 saturated carbocycles. The fourth-order valence-corrected chi connectivity index (χ4v) is 4.64. The molecule has 4 aromatic rings. The minimum atomic E-state index is -0.363. The summed E-state index contributed by atoms with van der Waals surface area (Å²) in [4.78, 5) is 31.7. The summed E-state index contributed by atoms with van der Waals surface area (Å²) in [5, 5.41) is 7.07. The molecule has 37 heavy (non-hydrogen) atoms. The highest BCUT2D eigenvalue weighted by atomic mass is 19.1. The predicted octanol–water partition coefficient (Wildman–Crippen LogP) is 5.76. The molecule has 0 unspecified atom stereocenters. The van der Waals surface area contributed by atoms with Crippen LogP contribution >= 0.6 is 0 Å². The second-order valence-corrected chi connectivity index (χ2v) is 9.44. The van der Waals surface area contributed by atoms with Crippen LogP contribution in [0.25, 0.3) is 11.4 Å². The summed E-state index contributed by atoms with van der Waals surface area (Å²) in [6.07, 6.45) is 1.40. The van der Waals surface area contributed by atoms with E-state index >= 15 is 0 Å². The van der Waals surface area contributed by atoms with Gasteiger partial charge >= 0.3 is 0 Å². The number of piperidine rings is 1. The molecule has 1 N–H and O–H groups in total. The van der Waals surface area contributed by atoms with Crippen molar-refractivity contribution in [3.8, 4) is 11.4 Å². The molecule has 0 atom stereocenters. The number of carbonyl (C=O) groups is 2. The number of aromatic nitrogens is 2. The van der Waals surface area contributed by atoms with E-state index in [0.29, 0.717) is 48.8 Å². The monoisotopic (exact) mass is 498 g/mol. The number of carbonyl (C=O) groups excluding carboxylic acids is 2. The van der Waals surface area contributed by atoms with Gasteiger partial charge in [0.25, 0.3) is 11.8 Å². The Bertz CT molecular complexity index is 1400. The van der Waals surface area contributed by atoms with Crippen molar-refractivity contribution >= 4 is 17.5 Å². The van der Waals surface area contributed by atoms with Gasteiger partial charge in [-0.2, -0.15) is 4.98 Å². The van der Waals surface area contributed by atoms with E-state index in [1.165, 1.54) is 24.3 Å². The van der Waals surface area contributed by atoms with Gasteiger partial charge in [0.2, 0.25) is 11.7 Å². The van der Waals surface area contributed by atoms with E-state index in [2.05, 4.69) is 21.5 Å². The van der Waals surface area contributed by atoms with Gasteiger partial charge in [-0.1, -0.05) is 23.4 Å². The zero-order valence-corrected chi connectivity index (χ0v) is 20.7. The summed E-state index contributed by atoms with van der Waals surface area (Å²) in [6.45, 7) is 5.10. The van der Waals surface area contributed by atoms with Gasteiger partial charge < -0.3 is 14.7 Å². The molecule has 1 fully saturated rings. The van der Waals surface area contributed by atoms with Crippen LogP contribution in [0.3, 0.4) is 0 Å². The summed E-state index contributed by atoms with van der Waals surface area (Å²) in [6, 6.07) is 18.6. The van der Waals surface area contributed by atoms with Crippen molar-refractivity contribution in [3.05, 3.63) is 101 Å². The Hall–Kier alpha value is -4.33. The topological polar surface area (TPSA) is 88.3 Å². The van der Waals surface area contributed by atoms with Gasteiger partial charge in [-0.05, 0) is 86.3 Å². The normalized spacial score (nSPS) is 14.0. The fourth-order valence-electron chi connectivity index (χ4n) is 4.64. The van der Waals surface area contributed by atoms with Crippen molar-refractivity contribution in [3.63, 3.8) is 0 Å². The lowest BCUT2D eigenvalue weighted by Gasteiger charge is -2.30. The first-order valence-corrected chi connectivity index (χ1v) is 12.2. The van der Waals surface area contributed by atoms with Gasteiger partial charge in [0.05, 0.1) is 0 Å². The van der Waals surface area contributed by atoms with Gasteiger partial charge in [0, 0.05) is 41.4 Å². The number of likely N-dealkylation sites (tertiary alicyclic amines) is 1. The number of hydrogen-bond acceptors (Lipinski definition) is 5. The maximum atomic E-state index is 13.1. The molecule has 0 bridgehead atoms. The molecular formula is C29H27FN4O3. The molecule has 2 amide bonds. The molecular weight excluding hydrogens is 471 g/mol. The maximum absolute atomic E-state index is 13.1. The fraction of sp³-hybridized carbons (Fsp3) is 0.241. The second-order valence-electron chi connectivity index (χ2n) is 9.44. The van der Waals surface area contributed by atoms with E-state index < -0.39 is 0 Å². The van der Waals surface area contributed by atoms with Crippen LogP contribution in [0.5, 0.6) is 0 Å². The highest BCUT2D eigenvalue weighted by Gasteiger charge is 2.28. The highest BCUT2D eigenvalue weighted by molar-refractivity contribution is 6.04. The predicted molar refractivity (Wildman–Crippen MR) is 138 cm³/mol. The molecule has 0 radical (unpaired) electrons. The third-order valence-electron chi connectivity index (χ3n) is 6.55. The van der Waals surface area contributed by atoms with E-state index in [4.69, 9.17) is 4.52 Å². The zero-order valence-electron chi connectivity index (χ0n) is 20.7. The summed E-state index contributed by atoms with van der Waals surface area (Å²) in [7, 11) is 0. The molecule has 7 nitrogen and oxygen atoms in total. The van der Waals surface area contributed by atoms with Crippen LogP contribution in [0.2, 0.25) is 0 Å². The summed E-state index contributed by atoms with van der Waals surface area (Å²) >= 11 is 0. The molecule has 8 heteroatoms. The SMILES string of the molecule is Cc1cc(C)cc(NC(=O)c2ccc(-c3noc(C4CCN(C(=O)c5ccc(F)cc5)CC4)n3)cc2)c1. The lowest BCUT2D eigenvalue weighted by Crippen LogP contribution is -2.38. The Labute approximate surface area is 214 Å². The lowest BCUT2D eigenvalue weighted by atomic mass is 9.96. The Morgan fingerprint density at radius 3 is 2.19 bits per heavy atom. The Morgan fingerprint density at radius 1 is 0.919 bits per heavy atom.